The van der Waals surface area contributed by atoms with Crippen molar-refractivity contribution in [1.82, 2.24) is 5.32 Å². The molecule has 1 rings (SSSR count). The first kappa shape index (κ1) is 10.2. The number of nitrogens with two attached hydrogens (primary N) is 1. The van der Waals surface area contributed by atoms with E-state index in [1.54, 1.807) is 0 Å². The van der Waals surface area contributed by atoms with Crippen LogP contribution in [0.15, 0.2) is 5.11 Å². The summed E-state index contributed by atoms with van der Waals surface area (Å²) in [7, 11) is 0. The summed E-state index contributed by atoms with van der Waals surface area (Å²) in [4.78, 5) is 2.58. The van der Waals surface area contributed by atoms with Crippen LogP contribution in [-0.4, -0.2) is 47.6 Å². The Labute approximate surface area is 75.2 Å². The molecular formula is C6H13N5O2. The minimum Gasteiger partial charge on any atom is -0.390 e. The zero-order valence-corrected chi connectivity index (χ0v) is 7.04. The Morgan fingerprint density at radius 3 is 2.77 bits per heavy atom. The van der Waals surface area contributed by atoms with Crippen LogP contribution in [0, 0.1) is 0 Å². The van der Waals surface area contributed by atoms with E-state index in [2.05, 4.69) is 15.3 Å². The van der Waals surface area contributed by atoms with Crippen molar-refractivity contribution < 1.29 is 10.2 Å². The molecule has 7 heteroatoms. The molecule has 13 heavy (non-hydrogen) atoms. The van der Waals surface area contributed by atoms with Crippen molar-refractivity contribution >= 4 is 0 Å². The molecule has 1 heterocycles. The number of azide groups is 1. The van der Waals surface area contributed by atoms with E-state index in [9.17, 15) is 10.2 Å². The van der Waals surface area contributed by atoms with Gasteiger partial charge in [0, 0.05) is 24.0 Å². The van der Waals surface area contributed by atoms with Gasteiger partial charge in [-0.1, -0.05) is 5.11 Å². The molecule has 0 aliphatic carbocycles. The topological polar surface area (TPSA) is 127 Å². The molecule has 5 N–H and O–H groups in total. The highest BCUT2D eigenvalue weighted by Gasteiger charge is 2.35. The lowest BCUT2D eigenvalue weighted by Crippen LogP contribution is -2.61. The summed E-state index contributed by atoms with van der Waals surface area (Å²) in [6.07, 6.45) is -2.01. The monoisotopic (exact) mass is 187 g/mol. The van der Waals surface area contributed by atoms with E-state index in [0.29, 0.717) is 6.54 Å². The molecule has 0 aromatic heterocycles. The molecule has 7 nitrogen and oxygen atoms in total. The number of nitrogens with zero attached hydrogens (tertiary/aromatic N) is 3. The SMILES string of the molecule is [N-]=[N+]=N[C@H]1CN[C@H](CN)[C@@H](O)[C@@H]1O. The molecular weight excluding hydrogens is 174 g/mol. The summed E-state index contributed by atoms with van der Waals surface area (Å²) >= 11 is 0. The molecule has 0 saturated carbocycles. The number of aliphatic hydroxyl groups is 2. The lowest BCUT2D eigenvalue weighted by atomic mass is 9.95. The number of hydrogen-bond acceptors (Lipinski definition) is 5. The van der Waals surface area contributed by atoms with Crippen LogP contribution in [0.3, 0.4) is 0 Å². The second-order valence-electron chi connectivity index (χ2n) is 3.00. The van der Waals surface area contributed by atoms with Crippen LogP contribution in [0.4, 0.5) is 0 Å². The highest BCUT2D eigenvalue weighted by molar-refractivity contribution is 4.96. The van der Waals surface area contributed by atoms with Crippen molar-refractivity contribution in [1.29, 1.82) is 0 Å². The van der Waals surface area contributed by atoms with Crippen LogP contribution in [-0.2, 0) is 0 Å². The molecule has 0 unspecified atom stereocenters. The first-order valence-electron chi connectivity index (χ1n) is 4.04. The van der Waals surface area contributed by atoms with Gasteiger partial charge in [-0.2, -0.15) is 0 Å². The fourth-order valence-corrected chi connectivity index (χ4v) is 1.38. The average molecular weight is 187 g/mol. The van der Waals surface area contributed by atoms with Gasteiger partial charge in [0.25, 0.3) is 0 Å². The van der Waals surface area contributed by atoms with E-state index in [1.165, 1.54) is 0 Å². The summed E-state index contributed by atoms with van der Waals surface area (Å²) in [6.45, 7) is 0.575. The molecule has 1 fully saturated rings. The summed E-state index contributed by atoms with van der Waals surface area (Å²) in [5.41, 5.74) is 13.5. The number of hydrogen-bond donors (Lipinski definition) is 4. The van der Waals surface area contributed by atoms with Gasteiger partial charge in [0.05, 0.1) is 18.2 Å². The van der Waals surface area contributed by atoms with E-state index in [0.717, 1.165) is 0 Å². The van der Waals surface area contributed by atoms with Crippen LogP contribution in [0.1, 0.15) is 0 Å². The van der Waals surface area contributed by atoms with Gasteiger partial charge in [-0.05, 0) is 5.53 Å². The van der Waals surface area contributed by atoms with Gasteiger partial charge in [0.15, 0.2) is 0 Å². The number of piperidine rings is 1. The molecule has 0 bridgehead atoms. The van der Waals surface area contributed by atoms with Gasteiger partial charge in [-0.25, -0.2) is 0 Å². The number of nitrogens with one attached hydrogen (secondary N) is 1. The van der Waals surface area contributed by atoms with Crippen molar-refractivity contribution in [3.8, 4) is 0 Å². The van der Waals surface area contributed by atoms with Crippen LogP contribution in [0.2, 0.25) is 0 Å². The van der Waals surface area contributed by atoms with E-state index in [-0.39, 0.29) is 12.6 Å². The Hall–Kier alpha value is -0.850. The standard InChI is InChI=1S/C6H13N5O2/c7-1-3-5(12)6(13)4(2-9-3)10-11-8/h3-6,9,12-13H,1-2,7H2/t3-,4+,5-,6-/m1/s1. The first-order valence-corrected chi connectivity index (χ1v) is 4.04. The third-order valence-corrected chi connectivity index (χ3v) is 2.20. The van der Waals surface area contributed by atoms with E-state index < -0.39 is 18.2 Å². The van der Waals surface area contributed by atoms with Crippen molar-refractivity contribution in [2.45, 2.75) is 24.3 Å². The summed E-state index contributed by atoms with van der Waals surface area (Å²) in [5.74, 6) is 0. The minimum atomic E-state index is -1.04. The van der Waals surface area contributed by atoms with Gasteiger partial charge in [-0.15, -0.1) is 0 Å². The molecule has 1 aliphatic rings. The molecule has 1 aliphatic heterocycles. The lowest BCUT2D eigenvalue weighted by molar-refractivity contribution is -0.0348. The zero-order valence-electron chi connectivity index (χ0n) is 7.04. The second-order valence-corrected chi connectivity index (χ2v) is 3.00. The van der Waals surface area contributed by atoms with Gasteiger partial charge < -0.3 is 21.3 Å². The smallest absolute Gasteiger partial charge is 0.0968 e. The Balaban J connectivity index is 2.63. The van der Waals surface area contributed by atoms with Crippen LogP contribution >= 0.6 is 0 Å². The fourth-order valence-electron chi connectivity index (χ4n) is 1.38. The molecule has 1 saturated heterocycles. The maximum absolute atomic E-state index is 9.46. The minimum absolute atomic E-state index is 0.237. The summed E-state index contributed by atoms with van der Waals surface area (Å²) < 4.78 is 0. The molecule has 0 aromatic rings. The molecule has 74 valence electrons. The maximum Gasteiger partial charge on any atom is 0.0968 e. The van der Waals surface area contributed by atoms with Crippen molar-refractivity contribution in [2.24, 2.45) is 10.8 Å². The van der Waals surface area contributed by atoms with Gasteiger partial charge >= 0.3 is 0 Å². The average Bonchev–Trinajstić information content (AvgIpc) is 2.14. The van der Waals surface area contributed by atoms with Gasteiger partial charge in [0.1, 0.15) is 0 Å². The van der Waals surface area contributed by atoms with Crippen molar-refractivity contribution in [3.05, 3.63) is 10.4 Å². The normalized spacial score (nSPS) is 39.6. The third-order valence-electron chi connectivity index (χ3n) is 2.20. The second kappa shape index (κ2) is 4.40. The van der Waals surface area contributed by atoms with Crippen LogP contribution in [0.25, 0.3) is 10.4 Å². The Morgan fingerprint density at radius 1 is 1.54 bits per heavy atom. The summed E-state index contributed by atoms with van der Waals surface area (Å²) in [5, 5.41) is 25.2. The maximum atomic E-state index is 9.46. The van der Waals surface area contributed by atoms with Crippen LogP contribution in [0.5, 0.6) is 0 Å². The predicted molar refractivity (Wildman–Crippen MR) is 45.8 cm³/mol. The van der Waals surface area contributed by atoms with Gasteiger partial charge in [0.2, 0.25) is 0 Å². The van der Waals surface area contributed by atoms with E-state index >= 15 is 0 Å². The number of aliphatic hydroxyl groups excluding tert-OH is 2. The highest BCUT2D eigenvalue weighted by Crippen LogP contribution is 2.12. The van der Waals surface area contributed by atoms with Crippen molar-refractivity contribution in [2.75, 3.05) is 13.1 Å². The quantitative estimate of drug-likeness (QED) is 0.234. The molecule has 0 aromatic carbocycles. The van der Waals surface area contributed by atoms with Gasteiger partial charge in [-0.3, -0.25) is 0 Å². The Morgan fingerprint density at radius 2 is 2.23 bits per heavy atom. The summed E-state index contributed by atoms with van der Waals surface area (Å²) in [6, 6.07) is -0.956. The van der Waals surface area contributed by atoms with Crippen LogP contribution < -0.4 is 11.1 Å². The first-order chi connectivity index (χ1) is 6.20. The number of rotatable bonds is 2. The third kappa shape index (κ3) is 2.09. The molecule has 0 radical (unpaired) electrons. The molecule has 0 spiro atoms. The van der Waals surface area contributed by atoms with E-state index in [4.69, 9.17) is 11.3 Å². The molecule has 4 atom stereocenters. The fraction of sp³-hybridized carbons (Fsp3) is 1.00. The molecule has 0 amide bonds. The zero-order chi connectivity index (χ0) is 9.84. The largest absolute Gasteiger partial charge is 0.390 e. The van der Waals surface area contributed by atoms with Crippen molar-refractivity contribution in [3.63, 3.8) is 0 Å². The predicted octanol–water partition coefficient (Wildman–Crippen LogP) is -1.68. The highest BCUT2D eigenvalue weighted by atomic mass is 16.3. The Bertz CT molecular complexity index is 217. The Kier molecular flexibility index (Phi) is 3.47. The lowest BCUT2D eigenvalue weighted by Gasteiger charge is -2.35. The van der Waals surface area contributed by atoms with E-state index in [1.807, 2.05) is 0 Å².